The summed E-state index contributed by atoms with van der Waals surface area (Å²) in [5.41, 5.74) is 1.30. The predicted octanol–water partition coefficient (Wildman–Crippen LogP) is 2.69. The molecule has 0 spiro atoms. The number of aromatic nitrogens is 1. The third-order valence-corrected chi connectivity index (χ3v) is 3.14. The molecule has 0 saturated carbocycles. The van der Waals surface area contributed by atoms with E-state index in [1.807, 2.05) is 12.4 Å². The lowest BCUT2D eigenvalue weighted by Gasteiger charge is -2.25. The Bertz CT molecular complexity index is 375. The maximum absolute atomic E-state index is 5.79. The highest BCUT2D eigenvalue weighted by Crippen LogP contribution is 2.17. The topological polar surface area (TPSA) is 34.2 Å². The average Bonchev–Trinajstić information content (AvgIpc) is 2.45. The Kier molecular flexibility index (Phi) is 5.21. The first-order chi connectivity index (χ1) is 8.90. The number of allylic oxidation sites excluding steroid dienone is 1. The van der Waals surface area contributed by atoms with Crippen molar-refractivity contribution < 1.29 is 4.74 Å². The van der Waals surface area contributed by atoms with Crippen molar-refractivity contribution in [3.63, 3.8) is 0 Å². The number of ether oxygens (including phenoxy) is 1. The molecular weight excluding hydrogens is 224 g/mol. The van der Waals surface area contributed by atoms with Crippen LogP contribution < -0.4 is 5.32 Å². The van der Waals surface area contributed by atoms with Crippen LogP contribution in [0.2, 0.25) is 0 Å². The van der Waals surface area contributed by atoms with Crippen LogP contribution in [0.4, 0.5) is 0 Å². The van der Waals surface area contributed by atoms with Crippen LogP contribution >= 0.6 is 0 Å². The van der Waals surface area contributed by atoms with E-state index in [-0.39, 0.29) is 0 Å². The zero-order chi connectivity index (χ0) is 12.6. The van der Waals surface area contributed by atoms with E-state index in [9.17, 15) is 0 Å². The molecule has 1 aromatic heterocycles. The number of nitrogens with zero attached hydrogens (tertiary/aromatic N) is 1. The second-order valence-corrected chi connectivity index (χ2v) is 4.66. The lowest BCUT2D eigenvalue weighted by molar-refractivity contribution is 0.167. The fraction of sp³-hybridized carbons (Fsp3) is 0.533. The van der Waals surface area contributed by atoms with Crippen LogP contribution in [0.15, 0.2) is 36.4 Å². The molecule has 3 heteroatoms. The van der Waals surface area contributed by atoms with Crippen LogP contribution in [0.25, 0.3) is 0 Å². The lowest BCUT2D eigenvalue weighted by atomic mass is 10.0. The van der Waals surface area contributed by atoms with Crippen molar-refractivity contribution in [1.82, 2.24) is 10.3 Å². The Morgan fingerprint density at radius 3 is 2.89 bits per heavy atom. The van der Waals surface area contributed by atoms with Gasteiger partial charge in [0.2, 0.25) is 0 Å². The van der Waals surface area contributed by atoms with Crippen LogP contribution in [0.1, 0.15) is 31.7 Å². The molecule has 1 aromatic rings. The van der Waals surface area contributed by atoms with Crippen LogP contribution in [-0.2, 0) is 11.2 Å². The molecule has 1 aliphatic rings. The van der Waals surface area contributed by atoms with E-state index in [0.717, 1.165) is 44.6 Å². The molecule has 2 rings (SSSR count). The minimum absolute atomic E-state index is 0.299. The maximum atomic E-state index is 5.79. The predicted molar refractivity (Wildman–Crippen MR) is 73.3 cm³/mol. The molecule has 0 radical (unpaired) electrons. The van der Waals surface area contributed by atoms with Gasteiger partial charge in [-0.3, -0.25) is 4.98 Å². The summed E-state index contributed by atoms with van der Waals surface area (Å²) in [6.45, 7) is 4.07. The molecule has 0 saturated heterocycles. The van der Waals surface area contributed by atoms with Crippen LogP contribution in [0, 0.1) is 0 Å². The fourth-order valence-electron chi connectivity index (χ4n) is 2.17. The molecule has 0 aromatic carbocycles. The monoisotopic (exact) mass is 246 g/mol. The van der Waals surface area contributed by atoms with Crippen molar-refractivity contribution >= 4 is 0 Å². The minimum Gasteiger partial charge on any atom is -0.497 e. The van der Waals surface area contributed by atoms with Gasteiger partial charge >= 0.3 is 0 Å². The second kappa shape index (κ2) is 7.17. The quantitative estimate of drug-likeness (QED) is 0.838. The van der Waals surface area contributed by atoms with Crippen molar-refractivity contribution in [3.8, 4) is 0 Å². The average molecular weight is 246 g/mol. The van der Waals surface area contributed by atoms with Crippen molar-refractivity contribution in [2.75, 3.05) is 13.2 Å². The summed E-state index contributed by atoms with van der Waals surface area (Å²) in [5, 5.41) is 3.57. The molecule has 0 amide bonds. The molecule has 18 heavy (non-hydrogen) atoms. The van der Waals surface area contributed by atoms with E-state index in [1.165, 1.54) is 5.56 Å². The van der Waals surface area contributed by atoms with E-state index in [1.54, 1.807) is 0 Å². The highest BCUT2D eigenvalue weighted by molar-refractivity contribution is 5.16. The van der Waals surface area contributed by atoms with E-state index >= 15 is 0 Å². The summed E-state index contributed by atoms with van der Waals surface area (Å²) >= 11 is 0. The van der Waals surface area contributed by atoms with Crippen molar-refractivity contribution in [2.24, 2.45) is 0 Å². The fourth-order valence-corrected chi connectivity index (χ4v) is 2.17. The zero-order valence-corrected chi connectivity index (χ0v) is 11.1. The number of pyridine rings is 1. The Hall–Kier alpha value is -1.35. The molecular formula is C15H22N2O. The van der Waals surface area contributed by atoms with Crippen LogP contribution in [0.3, 0.4) is 0 Å². The highest BCUT2D eigenvalue weighted by atomic mass is 16.5. The summed E-state index contributed by atoms with van der Waals surface area (Å²) in [6.07, 6.45) is 10.3. The van der Waals surface area contributed by atoms with Crippen molar-refractivity contribution in [1.29, 1.82) is 0 Å². The van der Waals surface area contributed by atoms with E-state index in [4.69, 9.17) is 4.74 Å². The van der Waals surface area contributed by atoms with Gasteiger partial charge in [-0.2, -0.15) is 0 Å². The van der Waals surface area contributed by atoms with Crippen LogP contribution in [-0.4, -0.2) is 24.2 Å². The minimum atomic E-state index is 0.299. The van der Waals surface area contributed by atoms with Gasteiger partial charge in [0.1, 0.15) is 5.76 Å². The molecule has 2 heterocycles. The Balaban J connectivity index is 2.02. The highest BCUT2D eigenvalue weighted by Gasteiger charge is 2.17. The first kappa shape index (κ1) is 13.1. The van der Waals surface area contributed by atoms with E-state index in [0.29, 0.717) is 6.04 Å². The molecule has 98 valence electrons. The van der Waals surface area contributed by atoms with Gasteiger partial charge in [-0.1, -0.05) is 6.92 Å². The third-order valence-electron chi connectivity index (χ3n) is 3.14. The third kappa shape index (κ3) is 3.84. The van der Waals surface area contributed by atoms with Gasteiger partial charge in [0.05, 0.1) is 12.6 Å². The molecule has 1 unspecified atom stereocenters. The smallest absolute Gasteiger partial charge is 0.109 e. The molecule has 1 atom stereocenters. The van der Waals surface area contributed by atoms with Crippen LogP contribution in [0.5, 0.6) is 0 Å². The first-order valence-electron chi connectivity index (χ1n) is 6.85. The standard InChI is InChI=1S/C15H22N2O/c1-2-8-17-14(15-5-3-4-11-18-15)12-13-6-9-16-10-7-13/h5-7,9-10,14,17H,2-4,8,11-12H2,1H3. The van der Waals surface area contributed by atoms with Gasteiger partial charge in [-0.15, -0.1) is 0 Å². The molecule has 3 nitrogen and oxygen atoms in total. The second-order valence-electron chi connectivity index (χ2n) is 4.66. The Morgan fingerprint density at radius 2 is 2.22 bits per heavy atom. The Morgan fingerprint density at radius 1 is 1.39 bits per heavy atom. The number of nitrogens with one attached hydrogen (secondary N) is 1. The first-order valence-corrected chi connectivity index (χ1v) is 6.85. The molecule has 1 N–H and O–H groups in total. The zero-order valence-electron chi connectivity index (χ0n) is 11.1. The number of hydrogen-bond acceptors (Lipinski definition) is 3. The molecule has 1 aliphatic heterocycles. The number of rotatable bonds is 6. The number of hydrogen-bond donors (Lipinski definition) is 1. The summed E-state index contributed by atoms with van der Waals surface area (Å²) in [4.78, 5) is 4.06. The van der Waals surface area contributed by atoms with E-state index in [2.05, 4.69) is 35.4 Å². The normalized spacial score (nSPS) is 16.8. The van der Waals surface area contributed by atoms with Gasteiger partial charge in [0.25, 0.3) is 0 Å². The molecule has 0 bridgehead atoms. The van der Waals surface area contributed by atoms with Crippen molar-refractivity contribution in [3.05, 3.63) is 41.9 Å². The molecule has 0 fully saturated rings. The summed E-state index contributed by atoms with van der Waals surface area (Å²) in [6, 6.07) is 4.45. The SMILES string of the molecule is CCCNC(Cc1ccncc1)C1=CCCCO1. The summed E-state index contributed by atoms with van der Waals surface area (Å²) < 4.78 is 5.79. The van der Waals surface area contributed by atoms with Gasteiger partial charge in [-0.25, -0.2) is 0 Å². The lowest BCUT2D eigenvalue weighted by Crippen LogP contribution is -2.35. The van der Waals surface area contributed by atoms with Gasteiger partial charge < -0.3 is 10.1 Å². The summed E-state index contributed by atoms with van der Waals surface area (Å²) in [7, 11) is 0. The van der Waals surface area contributed by atoms with E-state index < -0.39 is 0 Å². The van der Waals surface area contributed by atoms with Gasteiger partial charge in [0, 0.05) is 12.4 Å². The van der Waals surface area contributed by atoms with Crippen molar-refractivity contribution in [2.45, 2.75) is 38.6 Å². The molecule has 0 aliphatic carbocycles. The van der Waals surface area contributed by atoms with Gasteiger partial charge in [0.15, 0.2) is 0 Å². The summed E-state index contributed by atoms with van der Waals surface area (Å²) in [5.74, 6) is 1.12. The maximum Gasteiger partial charge on any atom is 0.109 e. The Labute approximate surface area is 109 Å². The van der Waals surface area contributed by atoms with Gasteiger partial charge in [-0.05, 0) is 56.0 Å². The largest absolute Gasteiger partial charge is 0.497 e.